The summed E-state index contributed by atoms with van der Waals surface area (Å²) in [5.74, 6) is -3.06. The highest BCUT2D eigenvalue weighted by atomic mass is 16.4. The summed E-state index contributed by atoms with van der Waals surface area (Å²) in [6.45, 7) is 2.37. The van der Waals surface area contributed by atoms with E-state index >= 15 is 0 Å². The Bertz CT molecular complexity index is 287. The van der Waals surface area contributed by atoms with Crippen LogP contribution in [0.2, 0.25) is 0 Å². The van der Waals surface area contributed by atoms with Gasteiger partial charge in [0.05, 0.1) is 5.57 Å². The molecule has 5 nitrogen and oxygen atoms in total. The third kappa shape index (κ3) is 3.50. The Morgan fingerprint density at radius 3 is 1.69 bits per heavy atom. The zero-order valence-electron chi connectivity index (χ0n) is 7.33. The summed E-state index contributed by atoms with van der Waals surface area (Å²) in [5, 5.41) is 17.0. The number of carbonyl (C=O) groups is 3. The largest absolute Gasteiger partial charge is 0.478 e. The summed E-state index contributed by atoms with van der Waals surface area (Å²) in [4.78, 5) is 31.5. The summed E-state index contributed by atoms with van der Waals surface area (Å²) in [5.41, 5.74) is -0.664. The Hall–Kier alpha value is -1.65. The van der Waals surface area contributed by atoms with Crippen LogP contribution in [0.15, 0.2) is 11.1 Å². The fourth-order valence-electron chi connectivity index (χ4n) is 0.747. The minimum Gasteiger partial charge on any atom is -0.478 e. The second kappa shape index (κ2) is 4.39. The van der Waals surface area contributed by atoms with Crippen LogP contribution in [-0.4, -0.2) is 27.9 Å². The van der Waals surface area contributed by atoms with Crippen LogP contribution < -0.4 is 0 Å². The minimum atomic E-state index is -1.37. The molecule has 0 aliphatic rings. The molecule has 0 saturated heterocycles. The SMILES string of the molecule is CC(=O)CC(C(=O)O)=C(C)C(=O)O. The van der Waals surface area contributed by atoms with Crippen molar-refractivity contribution in [2.45, 2.75) is 20.3 Å². The second-order valence-electron chi connectivity index (χ2n) is 2.59. The van der Waals surface area contributed by atoms with Crippen molar-refractivity contribution in [2.24, 2.45) is 0 Å². The summed E-state index contributed by atoms with van der Waals surface area (Å²) < 4.78 is 0. The lowest BCUT2D eigenvalue weighted by Gasteiger charge is -2.01. The van der Waals surface area contributed by atoms with E-state index in [2.05, 4.69) is 0 Å². The van der Waals surface area contributed by atoms with Crippen molar-refractivity contribution in [2.75, 3.05) is 0 Å². The van der Waals surface area contributed by atoms with E-state index in [1.807, 2.05) is 0 Å². The van der Waals surface area contributed by atoms with Gasteiger partial charge in [0.15, 0.2) is 0 Å². The summed E-state index contributed by atoms with van der Waals surface area (Å²) in [6, 6.07) is 0. The molecule has 13 heavy (non-hydrogen) atoms. The lowest BCUT2D eigenvalue weighted by Crippen LogP contribution is -2.11. The number of rotatable bonds is 4. The number of carboxylic acid groups (broad SMARTS) is 2. The van der Waals surface area contributed by atoms with Crippen LogP contribution in [0.5, 0.6) is 0 Å². The van der Waals surface area contributed by atoms with Crippen LogP contribution in [0, 0.1) is 0 Å². The van der Waals surface area contributed by atoms with Crippen molar-refractivity contribution >= 4 is 17.7 Å². The van der Waals surface area contributed by atoms with E-state index in [1.165, 1.54) is 6.92 Å². The maximum atomic E-state index is 10.6. The van der Waals surface area contributed by atoms with E-state index in [1.54, 1.807) is 0 Å². The molecule has 0 fully saturated rings. The molecule has 0 radical (unpaired) electrons. The average Bonchev–Trinajstić information content (AvgIpc) is 1.97. The van der Waals surface area contributed by atoms with Gasteiger partial charge in [0, 0.05) is 12.0 Å². The van der Waals surface area contributed by atoms with Gasteiger partial charge in [-0.3, -0.25) is 4.79 Å². The van der Waals surface area contributed by atoms with E-state index in [9.17, 15) is 14.4 Å². The number of carbonyl (C=O) groups excluding carboxylic acids is 1. The number of carboxylic acids is 2. The van der Waals surface area contributed by atoms with Crippen LogP contribution in [-0.2, 0) is 14.4 Å². The lowest BCUT2D eigenvalue weighted by molar-refractivity contribution is -0.136. The van der Waals surface area contributed by atoms with E-state index in [0.717, 1.165) is 6.92 Å². The molecule has 0 aliphatic carbocycles. The zero-order valence-corrected chi connectivity index (χ0v) is 7.33. The zero-order chi connectivity index (χ0) is 10.6. The molecular weight excluding hydrogens is 176 g/mol. The lowest BCUT2D eigenvalue weighted by atomic mass is 10.0. The molecule has 0 aromatic rings. The van der Waals surface area contributed by atoms with Crippen molar-refractivity contribution in [3.63, 3.8) is 0 Å². The van der Waals surface area contributed by atoms with E-state index in [-0.39, 0.29) is 23.4 Å². The number of aliphatic carboxylic acids is 2. The molecule has 0 bridgehead atoms. The molecule has 0 unspecified atom stereocenters. The highest BCUT2D eigenvalue weighted by Crippen LogP contribution is 2.09. The molecule has 0 saturated carbocycles. The second-order valence-corrected chi connectivity index (χ2v) is 2.59. The molecule has 0 heterocycles. The van der Waals surface area contributed by atoms with Crippen LogP contribution >= 0.6 is 0 Å². The average molecular weight is 186 g/mol. The molecule has 72 valence electrons. The fourth-order valence-corrected chi connectivity index (χ4v) is 0.747. The Morgan fingerprint density at radius 1 is 1.00 bits per heavy atom. The highest BCUT2D eigenvalue weighted by Gasteiger charge is 2.17. The number of hydrogen-bond acceptors (Lipinski definition) is 3. The fraction of sp³-hybridized carbons (Fsp3) is 0.375. The predicted molar refractivity (Wildman–Crippen MR) is 43.3 cm³/mol. The van der Waals surface area contributed by atoms with Gasteiger partial charge in [-0.15, -0.1) is 0 Å². The molecule has 5 heteroatoms. The first-order valence-electron chi connectivity index (χ1n) is 3.52. The third-order valence-electron chi connectivity index (χ3n) is 1.46. The Morgan fingerprint density at radius 2 is 1.46 bits per heavy atom. The van der Waals surface area contributed by atoms with Gasteiger partial charge in [-0.05, 0) is 13.8 Å². The van der Waals surface area contributed by atoms with Crippen LogP contribution in [0.4, 0.5) is 0 Å². The van der Waals surface area contributed by atoms with Gasteiger partial charge in [0.2, 0.25) is 0 Å². The first-order valence-corrected chi connectivity index (χ1v) is 3.52. The smallest absolute Gasteiger partial charge is 0.332 e. The molecular formula is C8H10O5. The Balaban J connectivity index is 5.00. The van der Waals surface area contributed by atoms with E-state index in [0.29, 0.717) is 0 Å². The van der Waals surface area contributed by atoms with Crippen molar-refractivity contribution in [3.8, 4) is 0 Å². The van der Waals surface area contributed by atoms with Gasteiger partial charge in [0.1, 0.15) is 5.78 Å². The van der Waals surface area contributed by atoms with Crippen molar-refractivity contribution in [1.29, 1.82) is 0 Å². The standard InChI is InChI=1S/C8H10O5/c1-4(9)3-6(8(12)13)5(2)7(10)11/h3H2,1-2H3,(H,10,11)(H,12,13). The Labute approximate surface area is 74.7 Å². The first kappa shape index (κ1) is 11.4. The first-order chi connectivity index (χ1) is 5.86. The predicted octanol–water partition coefficient (Wildman–Crippen LogP) is 0.451. The molecule has 0 aromatic heterocycles. The highest BCUT2D eigenvalue weighted by molar-refractivity contribution is 6.01. The van der Waals surface area contributed by atoms with Crippen LogP contribution in [0.3, 0.4) is 0 Å². The molecule has 0 aromatic carbocycles. The van der Waals surface area contributed by atoms with Crippen molar-refractivity contribution in [3.05, 3.63) is 11.1 Å². The maximum absolute atomic E-state index is 10.6. The van der Waals surface area contributed by atoms with Gasteiger partial charge in [-0.2, -0.15) is 0 Å². The van der Waals surface area contributed by atoms with Crippen molar-refractivity contribution < 1.29 is 24.6 Å². The monoisotopic (exact) mass is 186 g/mol. The summed E-state index contributed by atoms with van der Waals surface area (Å²) in [7, 11) is 0. The molecule has 0 aliphatic heterocycles. The van der Waals surface area contributed by atoms with Gasteiger partial charge in [-0.1, -0.05) is 0 Å². The van der Waals surface area contributed by atoms with Crippen molar-refractivity contribution in [1.82, 2.24) is 0 Å². The molecule has 2 N–H and O–H groups in total. The van der Waals surface area contributed by atoms with E-state index < -0.39 is 11.9 Å². The Kier molecular flexibility index (Phi) is 3.84. The topological polar surface area (TPSA) is 91.7 Å². The molecule has 0 spiro atoms. The van der Waals surface area contributed by atoms with Gasteiger partial charge >= 0.3 is 11.9 Å². The normalized spacial score (nSPS) is 11.8. The summed E-state index contributed by atoms with van der Waals surface area (Å²) in [6.07, 6.45) is -0.354. The quantitative estimate of drug-likeness (QED) is 0.622. The van der Waals surface area contributed by atoms with Gasteiger partial charge < -0.3 is 10.2 Å². The molecule has 0 amide bonds. The van der Waals surface area contributed by atoms with Gasteiger partial charge in [-0.25, -0.2) is 9.59 Å². The maximum Gasteiger partial charge on any atom is 0.332 e. The number of hydrogen-bond donors (Lipinski definition) is 2. The van der Waals surface area contributed by atoms with Crippen LogP contribution in [0.1, 0.15) is 20.3 Å². The molecule has 0 atom stereocenters. The third-order valence-corrected chi connectivity index (χ3v) is 1.46. The minimum absolute atomic E-state index is 0.303. The molecule has 0 rings (SSSR count). The number of ketones is 1. The van der Waals surface area contributed by atoms with Crippen LogP contribution in [0.25, 0.3) is 0 Å². The van der Waals surface area contributed by atoms with Gasteiger partial charge in [0.25, 0.3) is 0 Å². The van der Waals surface area contributed by atoms with E-state index in [4.69, 9.17) is 10.2 Å². The number of Topliss-reactive ketones (excluding diaryl/α,β-unsaturated/α-hetero) is 1. The summed E-state index contributed by atoms with van der Waals surface area (Å²) >= 11 is 0.